The SMILES string of the molecule is O=C(/C=C/c1ccc(Cl)cc1Cl)NCC1CCC(O)C1. The number of nitrogens with one attached hydrogen (secondary N) is 1. The molecule has 0 heterocycles. The first kappa shape index (κ1) is 15.4. The highest BCUT2D eigenvalue weighted by atomic mass is 35.5. The van der Waals surface area contributed by atoms with Gasteiger partial charge in [-0.3, -0.25) is 4.79 Å². The first-order valence-electron chi connectivity index (χ1n) is 6.63. The minimum absolute atomic E-state index is 0.155. The van der Waals surface area contributed by atoms with Gasteiger partial charge in [0.1, 0.15) is 0 Å². The third kappa shape index (κ3) is 4.51. The third-order valence-corrected chi connectivity index (χ3v) is 4.02. The minimum Gasteiger partial charge on any atom is -0.393 e. The van der Waals surface area contributed by atoms with E-state index in [9.17, 15) is 9.90 Å². The van der Waals surface area contributed by atoms with E-state index in [1.807, 2.05) is 0 Å². The molecule has 1 aliphatic rings. The Morgan fingerprint density at radius 1 is 1.40 bits per heavy atom. The van der Waals surface area contributed by atoms with E-state index < -0.39 is 0 Å². The van der Waals surface area contributed by atoms with Crippen molar-refractivity contribution < 1.29 is 9.90 Å². The topological polar surface area (TPSA) is 49.3 Å². The molecule has 1 aromatic carbocycles. The number of rotatable bonds is 4. The Morgan fingerprint density at radius 3 is 2.85 bits per heavy atom. The third-order valence-electron chi connectivity index (χ3n) is 3.46. The molecular formula is C15H17Cl2NO2. The molecule has 2 rings (SSSR count). The number of aliphatic hydroxyl groups is 1. The highest BCUT2D eigenvalue weighted by Gasteiger charge is 2.22. The maximum atomic E-state index is 11.7. The van der Waals surface area contributed by atoms with Gasteiger partial charge < -0.3 is 10.4 Å². The molecule has 0 radical (unpaired) electrons. The van der Waals surface area contributed by atoms with Gasteiger partial charge in [0, 0.05) is 22.7 Å². The molecule has 0 aliphatic heterocycles. The summed E-state index contributed by atoms with van der Waals surface area (Å²) in [4.78, 5) is 11.7. The van der Waals surface area contributed by atoms with Crippen LogP contribution in [-0.2, 0) is 4.79 Å². The van der Waals surface area contributed by atoms with Crippen LogP contribution >= 0.6 is 23.2 Å². The fraction of sp³-hybridized carbons (Fsp3) is 0.400. The highest BCUT2D eigenvalue weighted by molar-refractivity contribution is 6.35. The molecule has 1 aliphatic carbocycles. The highest BCUT2D eigenvalue weighted by Crippen LogP contribution is 2.24. The fourth-order valence-corrected chi connectivity index (χ4v) is 2.81. The smallest absolute Gasteiger partial charge is 0.244 e. The van der Waals surface area contributed by atoms with Gasteiger partial charge >= 0.3 is 0 Å². The molecule has 1 amide bonds. The van der Waals surface area contributed by atoms with E-state index in [1.54, 1.807) is 24.3 Å². The molecule has 1 fully saturated rings. The molecule has 2 atom stereocenters. The minimum atomic E-state index is -0.208. The predicted octanol–water partition coefficient (Wildman–Crippen LogP) is 3.28. The molecule has 20 heavy (non-hydrogen) atoms. The molecular weight excluding hydrogens is 297 g/mol. The monoisotopic (exact) mass is 313 g/mol. The molecule has 0 bridgehead atoms. The summed E-state index contributed by atoms with van der Waals surface area (Å²) in [6, 6.07) is 5.13. The molecule has 1 aromatic rings. The van der Waals surface area contributed by atoms with Crippen molar-refractivity contribution in [3.8, 4) is 0 Å². The number of amides is 1. The van der Waals surface area contributed by atoms with Crippen LogP contribution in [0.4, 0.5) is 0 Å². The lowest BCUT2D eigenvalue weighted by molar-refractivity contribution is -0.116. The van der Waals surface area contributed by atoms with Crippen LogP contribution in [0, 0.1) is 5.92 Å². The average molecular weight is 314 g/mol. The van der Waals surface area contributed by atoms with E-state index in [-0.39, 0.29) is 12.0 Å². The first-order chi connectivity index (χ1) is 9.54. The van der Waals surface area contributed by atoms with E-state index in [0.29, 0.717) is 22.5 Å². The fourth-order valence-electron chi connectivity index (χ4n) is 2.34. The van der Waals surface area contributed by atoms with Crippen molar-refractivity contribution in [1.29, 1.82) is 0 Å². The maximum absolute atomic E-state index is 11.7. The van der Waals surface area contributed by atoms with Crippen LogP contribution < -0.4 is 5.32 Å². The van der Waals surface area contributed by atoms with Crippen molar-refractivity contribution in [2.75, 3.05) is 6.54 Å². The molecule has 1 saturated carbocycles. The van der Waals surface area contributed by atoms with Gasteiger partial charge in [0.2, 0.25) is 5.91 Å². The molecule has 5 heteroatoms. The van der Waals surface area contributed by atoms with Crippen LogP contribution in [-0.4, -0.2) is 23.7 Å². The largest absolute Gasteiger partial charge is 0.393 e. The normalized spacial score (nSPS) is 22.4. The van der Waals surface area contributed by atoms with Crippen LogP contribution in [0.5, 0.6) is 0 Å². The average Bonchev–Trinajstić information content (AvgIpc) is 2.81. The van der Waals surface area contributed by atoms with Crippen molar-refractivity contribution in [2.45, 2.75) is 25.4 Å². The van der Waals surface area contributed by atoms with E-state index in [0.717, 1.165) is 24.8 Å². The van der Waals surface area contributed by atoms with Gasteiger partial charge in [0.05, 0.1) is 6.10 Å². The lowest BCUT2D eigenvalue weighted by Crippen LogP contribution is -2.26. The quantitative estimate of drug-likeness (QED) is 0.838. The number of hydrogen-bond acceptors (Lipinski definition) is 2. The summed E-state index contributed by atoms with van der Waals surface area (Å²) in [6.45, 7) is 0.606. The number of benzene rings is 1. The number of halogens is 2. The Bertz CT molecular complexity index is 517. The number of carbonyl (C=O) groups excluding carboxylic acids is 1. The Morgan fingerprint density at radius 2 is 2.20 bits per heavy atom. The summed E-state index contributed by atoms with van der Waals surface area (Å²) in [6.07, 6.45) is 5.48. The first-order valence-corrected chi connectivity index (χ1v) is 7.39. The Kier molecular flexibility index (Phi) is 5.46. The van der Waals surface area contributed by atoms with Crippen molar-refractivity contribution in [3.05, 3.63) is 39.9 Å². The molecule has 0 spiro atoms. The maximum Gasteiger partial charge on any atom is 0.244 e. The Balaban J connectivity index is 1.83. The van der Waals surface area contributed by atoms with Gasteiger partial charge in [0.15, 0.2) is 0 Å². The zero-order chi connectivity index (χ0) is 14.5. The predicted molar refractivity (Wildman–Crippen MR) is 81.9 cm³/mol. The summed E-state index contributed by atoms with van der Waals surface area (Å²) in [5.41, 5.74) is 0.752. The number of carbonyl (C=O) groups is 1. The molecule has 2 unspecified atom stereocenters. The second kappa shape index (κ2) is 7.11. The van der Waals surface area contributed by atoms with Crippen LogP contribution in [0.3, 0.4) is 0 Å². The lowest BCUT2D eigenvalue weighted by atomic mass is 10.1. The van der Waals surface area contributed by atoms with Crippen molar-refractivity contribution in [3.63, 3.8) is 0 Å². The van der Waals surface area contributed by atoms with Gasteiger partial charge in [-0.1, -0.05) is 29.3 Å². The van der Waals surface area contributed by atoms with Crippen molar-refractivity contribution >= 4 is 35.2 Å². The molecule has 0 saturated heterocycles. The van der Waals surface area contributed by atoms with Gasteiger partial charge in [-0.15, -0.1) is 0 Å². The van der Waals surface area contributed by atoms with Gasteiger partial charge in [0.25, 0.3) is 0 Å². The van der Waals surface area contributed by atoms with Crippen molar-refractivity contribution in [1.82, 2.24) is 5.32 Å². The zero-order valence-corrected chi connectivity index (χ0v) is 12.5. The second-order valence-electron chi connectivity index (χ2n) is 5.08. The zero-order valence-electron chi connectivity index (χ0n) is 11.0. The van der Waals surface area contributed by atoms with E-state index in [1.165, 1.54) is 6.08 Å². The lowest BCUT2D eigenvalue weighted by Gasteiger charge is -2.09. The summed E-state index contributed by atoms with van der Waals surface area (Å²) < 4.78 is 0. The van der Waals surface area contributed by atoms with Gasteiger partial charge in [-0.2, -0.15) is 0 Å². The van der Waals surface area contributed by atoms with Crippen LogP contribution in [0.1, 0.15) is 24.8 Å². The standard InChI is InChI=1S/C15H17Cl2NO2/c16-12-4-2-11(14(17)8-12)3-6-15(20)18-9-10-1-5-13(19)7-10/h2-4,6,8,10,13,19H,1,5,7,9H2,(H,18,20)/b6-3+. The molecule has 0 aromatic heterocycles. The molecule has 2 N–H and O–H groups in total. The van der Waals surface area contributed by atoms with Crippen LogP contribution in [0.2, 0.25) is 10.0 Å². The van der Waals surface area contributed by atoms with Crippen LogP contribution in [0.15, 0.2) is 24.3 Å². The van der Waals surface area contributed by atoms with Gasteiger partial charge in [-0.25, -0.2) is 0 Å². The Labute approximate surface area is 128 Å². The molecule has 3 nitrogen and oxygen atoms in total. The summed E-state index contributed by atoms with van der Waals surface area (Å²) >= 11 is 11.8. The van der Waals surface area contributed by atoms with Gasteiger partial charge in [-0.05, 0) is 49.0 Å². The summed E-state index contributed by atoms with van der Waals surface area (Å²) in [7, 11) is 0. The number of aliphatic hydroxyl groups excluding tert-OH is 1. The van der Waals surface area contributed by atoms with E-state index in [2.05, 4.69) is 5.32 Å². The van der Waals surface area contributed by atoms with E-state index in [4.69, 9.17) is 23.2 Å². The van der Waals surface area contributed by atoms with Crippen molar-refractivity contribution in [2.24, 2.45) is 5.92 Å². The molecule has 108 valence electrons. The Hall–Kier alpha value is -1.03. The summed E-state index contributed by atoms with van der Waals surface area (Å²) in [5.74, 6) is 0.221. The number of hydrogen-bond donors (Lipinski definition) is 2. The van der Waals surface area contributed by atoms with E-state index >= 15 is 0 Å². The second-order valence-corrected chi connectivity index (χ2v) is 5.92. The summed E-state index contributed by atoms with van der Waals surface area (Å²) in [5, 5.41) is 13.3. The van der Waals surface area contributed by atoms with Crippen LogP contribution in [0.25, 0.3) is 6.08 Å².